The van der Waals surface area contributed by atoms with Crippen LogP contribution in [0.15, 0.2) is 59.7 Å². The van der Waals surface area contributed by atoms with E-state index in [-0.39, 0.29) is 17.2 Å². The molecule has 0 aromatic heterocycles. The summed E-state index contributed by atoms with van der Waals surface area (Å²) in [5.74, 6) is -0.0489. The van der Waals surface area contributed by atoms with Crippen molar-refractivity contribution in [3.05, 3.63) is 75.3 Å². The Labute approximate surface area is 175 Å². The molecule has 1 heterocycles. The summed E-state index contributed by atoms with van der Waals surface area (Å²) in [6, 6.07) is 9.58. The number of hydrogen-bond donors (Lipinski definition) is 0. The van der Waals surface area contributed by atoms with Crippen molar-refractivity contribution in [2.24, 2.45) is 4.99 Å². The molecular formula is C21H17FINO4. The molecule has 0 radical (unpaired) electrons. The Hall–Kier alpha value is -2.68. The molecule has 0 fully saturated rings. The molecule has 0 unspecified atom stereocenters. The molecule has 0 N–H and O–H groups in total. The summed E-state index contributed by atoms with van der Waals surface area (Å²) in [6.45, 7) is 6.32. The van der Waals surface area contributed by atoms with E-state index in [1.807, 2.05) is 13.0 Å². The fourth-order valence-electron chi connectivity index (χ4n) is 2.53. The Balaban J connectivity index is 1.97. The topological polar surface area (TPSA) is 57.1 Å². The molecule has 144 valence electrons. The molecule has 0 bridgehead atoms. The zero-order valence-electron chi connectivity index (χ0n) is 15.1. The Bertz CT molecular complexity index is 984. The van der Waals surface area contributed by atoms with E-state index in [1.165, 1.54) is 12.1 Å². The largest absolute Gasteiger partial charge is 0.490 e. The van der Waals surface area contributed by atoms with E-state index in [9.17, 15) is 9.18 Å². The second-order valence-electron chi connectivity index (χ2n) is 5.68. The highest BCUT2D eigenvalue weighted by Crippen LogP contribution is 2.35. The molecule has 28 heavy (non-hydrogen) atoms. The lowest BCUT2D eigenvalue weighted by atomic mass is 10.1. The maximum Gasteiger partial charge on any atom is 0.363 e. The molecule has 7 heteroatoms. The summed E-state index contributed by atoms with van der Waals surface area (Å²) in [5, 5.41) is 0. The van der Waals surface area contributed by atoms with E-state index >= 15 is 0 Å². The Kier molecular flexibility index (Phi) is 6.45. The number of carbonyl (C=O) groups is 1. The number of benzene rings is 2. The molecule has 1 aliphatic heterocycles. The van der Waals surface area contributed by atoms with Gasteiger partial charge in [0.25, 0.3) is 0 Å². The van der Waals surface area contributed by atoms with Gasteiger partial charge in [-0.25, -0.2) is 14.2 Å². The predicted octanol–water partition coefficient (Wildman–Crippen LogP) is 4.74. The summed E-state index contributed by atoms with van der Waals surface area (Å²) in [5.41, 5.74) is 0.901. The number of cyclic esters (lactones) is 1. The van der Waals surface area contributed by atoms with Gasteiger partial charge in [0.1, 0.15) is 12.4 Å². The average Bonchev–Trinajstić information content (AvgIpc) is 3.02. The molecule has 0 aliphatic carbocycles. The minimum atomic E-state index is -0.641. The fourth-order valence-corrected chi connectivity index (χ4v) is 3.31. The highest BCUT2D eigenvalue weighted by molar-refractivity contribution is 14.1. The van der Waals surface area contributed by atoms with Gasteiger partial charge in [-0.2, -0.15) is 0 Å². The highest BCUT2D eigenvalue weighted by atomic mass is 127. The zero-order valence-corrected chi connectivity index (χ0v) is 17.2. The first kappa shape index (κ1) is 20.1. The number of esters is 1. The van der Waals surface area contributed by atoms with Gasteiger partial charge in [-0.15, -0.1) is 0 Å². The number of carbonyl (C=O) groups excluding carboxylic acids is 1. The van der Waals surface area contributed by atoms with E-state index in [0.717, 1.165) is 3.57 Å². The summed E-state index contributed by atoms with van der Waals surface area (Å²) < 4.78 is 31.2. The normalized spacial score (nSPS) is 14.6. The van der Waals surface area contributed by atoms with Crippen LogP contribution in [0.5, 0.6) is 11.5 Å². The van der Waals surface area contributed by atoms with Crippen LogP contribution in [0.25, 0.3) is 6.08 Å². The maximum absolute atomic E-state index is 13.9. The summed E-state index contributed by atoms with van der Waals surface area (Å²) >= 11 is 2.13. The first-order valence-corrected chi connectivity index (χ1v) is 9.58. The van der Waals surface area contributed by atoms with Crippen LogP contribution in [-0.2, 0) is 9.53 Å². The monoisotopic (exact) mass is 493 g/mol. The minimum absolute atomic E-state index is 0.0555. The molecule has 3 rings (SSSR count). The molecule has 2 aromatic rings. The van der Waals surface area contributed by atoms with E-state index in [0.29, 0.717) is 30.3 Å². The third kappa shape index (κ3) is 4.41. The SMILES string of the molecule is C=CCOc1c(I)cc(/C=C2\N=C(c3ccccc3F)OC2=O)cc1OCC. The second-order valence-corrected chi connectivity index (χ2v) is 6.84. The average molecular weight is 493 g/mol. The van der Waals surface area contributed by atoms with Crippen molar-refractivity contribution >= 4 is 40.5 Å². The number of nitrogens with zero attached hydrogens (tertiary/aromatic N) is 1. The third-order valence-corrected chi connectivity index (χ3v) is 4.51. The van der Waals surface area contributed by atoms with Crippen molar-refractivity contribution in [2.75, 3.05) is 13.2 Å². The van der Waals surface area contributed by atoms with Gasteiger partial charge in [0, 0.05) is 0 Å². The van der Waals surface area contributed by atoms with Gasteiger partial charge in [-0.3, -0.25) is 0 Å². The quantitative estimate of drug-likeness (QED) is 0.242. The molecule has 0 atom stereocenters. The van der Waals surface area contributed by atoms with Crippen LogP contribution in [0, 0.1) is 9.39 Å². The summed E-state index contributed by atoms with van der Waals surface area (Å²) in [4.78, 5) is 16.3. The molecule has 0 amide bonds. The molecule has 2 aromatic carbocycles. The molecular weight excluding hydrogens is 476 g/mol. The van der Waals surface area contributed by atoms with Crippen LogP contribution in [0.3, 0.4) is 0 Å². The summed E-state index contributed by atoms with van der Waals surface area (Å²) in [7, 11) is 0. The molecule has 0 saturated heterocycles. The van der Waals surface area contributed by atoms with Gasteiger partial charge in [-0.05, 0) is 65.4 Å². The molecule has 5 nitrogen and oxygen atoms in total. The van der Waals surface area contributed by atoms with E-state index < -0.39 is 11.8 Å². The van der Waals surface area contributed by atoms with Crippen molar-refractivity contribution in [1.29, 1.82) is 0 Å². The van der Waals surface area contributed by atoms with Gasteiger partial charge in [0.2, 0.25) is 5.90 Å². The molecule has 0 saturated carbocycles. The van der Waals surface area contributed by atoms with Gasteiger partial charge in [0.05, 0.1) is 15.7 Å². The first-order valence-electron chi connectivity index (χ1n) is 8.51. The lowest BCUT2D eigenvalue weighted by molar-refractivity contribution is -0.129. The van der Waals surface area contributed by atoms with Crippen molar-refractivity contribution in [2.45, 2.75) is 6.92 Å². The number of halogens is 2. The van der Waals surface area contributed by atoms with Crippen molar-refractivity contribution in [3.8, 4) is 11.5 Å². The van der Waals surface area contributed by atoms with E-state index in [2.05, 4.69) is 34.2 Å². The van der Waals surface area contributed by atoms with Crippen molar-refractivity contribution < 1.29 is 23.4 Å². The molecule has 1 aliphatic rings. The van der Waals surface area contributed by atoms with Crippen LogP contribution in [0.1, 0.15) is 18.1 Å². The standard InChI is InChI=1S/C21H17FINO4/c1-3-9-27-19-16(23)10-13(12-18(19)26-4-2)11-17-21(25)28-20(24-17)14-7-5-6-8-15(14)22/h3,5-8,10-12H,1,4,9H2,2H3/b17-11-. The van der Waals surface area contributed by atoms with Gasteiger partial charge in [-0.1, -0.05) is 24.8 Å². The third-order valence-electron chi connectivity index (χ3n) is 3.71. The fraction of sp³-hybridized carbons (Fsp3) is 0.143. The van der Waals surface area contributed by atoms with Crippen LogP contribution in [0.2, 0.25) is 0 Å². The van der Waals surface area contributed by atoms with Crippen LogP contribution in [0.4, 0.5) is 4.39 Å². The van der Waals surface area contributed by atoms with Crippen molar-refractivity contribution in [1.82, 2.24) is 0 Å². The Morgan fingerprint density at radius 2 is 2.07 bits per heavy atom. The number of aliphatic imine (C=N–C) groups is 1. The predicted molar refractivity (Wildman–Crippen MR) is 113 cm³/mol. The Morgan fingerprint density at radius 1 is 1.29 bits per heavy atom. The number of ether oxygens (including phenoxy) is 3. The molecule has 0 spiro atoms. The lowest BCUT2D eigenvalue weighted by Gasteiger charge is -2.13. The lowest BCUT2D eigenvalue weighted by Crippen LogP contribution is -2.07. The summed E-state index contributed by atoms with van der Waals surface area (Å²) in [6.07, 6.45) is 3.22. The van der Waals surface area contributed by atoms with E-state index in [4.69, 9.17) is 14.2 Å². The van der Waals surface area contributed by atoms with Gasteiger partial charge >= 0.3 is 5.97 Å². The van der Waals surface area contributed by atoms with Crippen LogP contribution in [-0.4, -0.2) is 25.1 Å². The van der Waals surface area contributed by atoms with Gasteiger partial charge < -0.3 is 14.2 Å². The smallest absolute Gasteiger partial charge is 0.363 e. The highest BCUT2D eigenvalue weighted by Gasteiger charge is 2.26. The van der Waals surface area contributed by atoms with Crippen LogP contribution < -0.4 is 9.47 Å². The maximum atomic E-state index is 13.9. The van der Waals surface area contributed by atoms with E-state index in [1.54, 1.807) is 30.4 Å². The first-order chi connectivity index (χ1) is 13.5. The zero-order chi connectivity index (χ0) is 20.1. The number of rotatable bonds is 7. The second kappa shape index (κ2) is 9.01. The Morgan fingerprint density at radius 3 is 2.79 bits per heavy atom. The van der Waals surface area contributed by atoms with Crippen molar-refractivity contribution in [3.63, 3.8) is 0 Å². The van der Waals surface area contributed by atoms with Crippen LogP contribution >= 0.6 is 22.6 Å². The van der Waals surface area contributed by atoms with Gasteiger partial charge in [0.15, 0.2) is 17.2 Å². The number of hydrogen-bond acceptors (Lipinski definition) is 5. The minimum Gasteiger partial charge on any atom is -0.490 e.